The van der Waals surface area contributed by atoms with E-state index >= 15 is 0 Å². The first kappa shape index (κ1) is 19.7. The van der Waals surface area contributed by atoms with Crippen molar-refractivity contribution in [1.82, 2.24) is 25.0 Å². The van der Waals surface area contributed by atoms with Crippen molar-refractivity contribution in [1.29, 1.82) is 0 Å². The molecule has 0 bridgehead atoms. The van der Waals surface area contributed by atoms with Gasteiger partial charge in [0.2, 0.25) is 0 Å². The summed E-state index contributed by atoms with van der Waals surface area (Å²) in [4.78, 5) is 7.51. The molecule has 0 N–H and O–H groups in total. The smallest absolute Gasteiger partial charge is 0.316 e. The van der Waals surface area contributed by atoms with Crippen LogP contribution in [-0.4, -0.2) is 39.6 Å². The summed E-state index contributed by atoms with van der Waals surface area (Å²) in [5.41, 5.74) is -0.229. The average molecular weight is 413 g/mol. The second-order valence-corrected chi connectivity index (χ2v) is 7.98. The highest BCUT2D eigenvalue weighted by atomic mass is 32.2. The van der Waals surface area contributed by atoms with Gasteiger partial charge in [-0.05, 0) is 18.2 Å². The molecule has 0 unspecified atom stereocenters. The van der Waals surface area contributed by atoms with Crippen LogP contribution in [0.4, 0.5) is 13.2 Å². The summed E-state index contributed by atoms with van der Waals surface area (Å²) in [6.07, 6.45) is 4.66. The van der Waals surface area contributed by atoms with Crippen LogP contribution in [0.2, 0.25) is 0 Å². The Kier molecular flexibility index (Phi) is 5.06. The molecule has 0 atom stereocenters. The van der Waals surface area contributed by atoms with Crippen LogP contribution in [0.15, 0.2) is 41.7 Å². The molecule has 148 valence electrons. The summed E-state index contributed by atoms with van der Waals surface area (Å²) < 4.78 is 69.7. The van der Waals surface area contributed by atoms with Crippen LogP contribution in [0, 0.1) is 5.82 Å². The highest BCUT2D eigenvalue weighted by Crippen LogP contribution is 2.30. The van der Waals surface area contributed by atoms with Gasteiger partial charge in [0.15, 0.2) is 9.84 Å². The highest BCUT2D eigenvalue weighted by molar-refractivity contribution is 7.90. The number of hydrogen-bond donors (Lipinski definition) is 0. The first-order valence-corrected chi connectivity index (χ1v) is 9.67. The third-order valence-corrected chi connectivity index (χ3v) is 4.68. The first-order chi connectivity index (χ1) is 13.0. The summed E-state index contributed by atoms with van der Waals surface area (Å²) in [6.45, 7) is 0.501. The fourth-order valence-electron chi connectivity index (χ4n) is 2.19. The summed E-state index contributed by atoms with van der Waals surface area (Å²) in [7, 11) is -3.42. The van der Waals surface area contributed by atoms with Crippen molar-refractivity contribution in [2.24, 2.45) is 0 Å². The molecule has 12 heteroatoms. The van der Waals surface area contributed by atoms with Gasteiger partial charge in [-0.2, -0.15) is 0 Å². The van der Waals surface area contributed by atoms with Gasteiger partial charge in [0.05, 0.1) is 29.8 Å². The summed E-state index contributed by atoms with van der Waals surface area (Å²) in [5.74, 6) is -4.36. The van der Waals surface area contributed by atoms with Gasteiger partial charge in [-0.15, -0.1) is 5.10 Å². The zero-order chi connectivity index (χ0) is 20.5. The predicted octanol–water partition coefficient (Wildman–Crippen LogP) is 2.29. The number of hydrogen-bond acceptors (Lipinski definition) is 7. The van der Waals surface area contributed by atoms with E-state index in [1.807, 2.05) is 0 Å². The maximum atomic E-state index is 13.6. The Morgan fingerprint density at radius 1 is 1.21 bits per heavy atom. The van der Waals surface area contributed by atoms with Crippen LogP contribution in [-0.2, 0) is 22.4 Å². The Hall–Kier alpha value is -3.02. The van der Waals surface area contributed by atoms with E-state index in [-0.39, 0.29) is 23.2 Å². The quantitative estimate of drug-likeness (QED) is 0.611. The van der Waals surface area contributed by atoms with Crippen LogP contribution >= 0.6 is 0 Å². The Labute approximate surface area is 157 Å². The van der Waals surface area contributed by atoms with E-state index in [9.17, 15) is 21.6 Å². The van der Waals surface area contributed by atoms with Crippen molar-refractivity contribution in [3.63, 3.8) is 0 Å². The molecule has 2 heterocycles. The maximum absolute atomic E-state index is 13.6. The molecule has 0 fully saturated rings. The van der Waals surface area contributed by atoms with Crippen molar-refractivity contribution < 1.29 is 26.3 Å². The molecule has 0 aliphatic carbocycles. The van der Waals surface area contributed by atoms with Gasteiger partial charge in [-0.1, -0.05) is 5.21 Å². The van der Waals surface area contributed by atoms with Crippen molar-refractivity contribution >= 4 is 9.84 Å². The molecule has 0 radical (unpaired) electrons. The van der Waals surface area contributed by atoms with Crippen LogP contribution in [0.5, 0.6) is 6.01 Å². The molecular weight excluding hydrogens is 399 g/mol. The molecule has 2 aromatic heterocycles. The van der Waals surface area contributed by atoms with Gasteiger partial charge in [0, 0.05) is 13.2 Å². The normalized spacial score (nSPS) is 12.2. The van der Waals surface area contributed by atoms with E-state index in [1.54, 1.807) is 0 Å². The fraction of sp³-hybridized carbons (Fsp3) is 0.250. The Bertz CT molecular complexity index is 1100. The molecule has 0 saturated heterocycles. The molecule has 8 nitrogen and oxygen atoms in total. The largest absolute Gasteiger partial charge is 0.457 e. The van der Waals surface area contributed by atoms with E-state index in [0.29, 0.717) is 12.6 Å². The van der Waals surface area contributed by atoms with E-state index < -0.39 is 27.1 Å². The maximum Gasteiger partial charge on any atom is 0.316 e. The third-order valence-electron chi connectivity index (χ3n) is 3.61. The minimum Gasteiger partial charge on any atom is -0.457 e. The minimum absolute atomic E-state index is 0.0503. The van der Waals surface area contributed by atoms with Gasteiger partial charge in [0.25, 0.3) is 5.92 Å². The lowest BCUT2D eigenvalue weighted by Gasteiger charge is -2.12. The first-order valence-electron chi connectivity index (χ1n) is 7.78. The number of halogens is 3. The van der Waals surface area contributed by atoms with E-state index in [0.717, 1.165) is 30.8 Å². The molecule has 0 aliphatic rings. The third kappa shape index (κ3) is 4.44. The summed E-state index contributed by atoms with van der Waals surface area (Å²) in [6, 6.07) is 3.13. The van der Waals surface area contributed by atoms with Crippen molar-refractivity contribution in [3.8, 4) is 11.7 Å². The van der Waals surface area contributed by atoms with E-state index in [4.69, 9.17) is 4.74 Å². The van der Waals surface area contributed by atoms with E-state index in [1.165, 1.54) is 16.9 Å². The van der Waals surface area contributed by atoms with E-state index in [2.05, 4.69) is 20.3 Å². The number of rotatable bonds is 6. The van der Waals surface area contributed by atoms with Gasteiger partial charge < -0.3 is 4.74 Å². The number of aromatic nitrogens is 5. The van der Waals surface area contributed by atoms with Crippen molar-refractivity contribution in [3.05, 3.63) is 53.9 Å². The molecule has 0 saturated carbocycles. The SMILES string of the molecule is CC(F)(F)c1cc(-n2cc(COc3ncc(S(C)(=O)=O)cn3)nn2)ccc1F. The standard InChI is InChI=1S/C16H14F3N5O3S/c1-16(18,19)13-5-11(3-4-14(13)17)24-8-10(22-23-24)9-27-15-20-6-12(7-21-15)28(2,25)26/h3-8H,9H2,1-2H3. The lowest BCUT2D eigenvalue weighted by atomic mass is 10.1. The van der Waals surface area contributed by atoms with Crippen LogP contribution in [0.3, 0.4) is 0 Å². The Morgan fingerprint density at radius 2 is 1.89 bits per heavy atom. The van der Waals surface area contributed by atoms with Gasteiger partial charge in [-0.3, -0.25) is 0 Å². The molecule has 0 amide bonds. The van der Waals surface area contributed by atoms with Gasteiger partial charge >= 0.3 is 6.01 Å². The van der Waals surface area contributed by atoms with Crippen LogP contribution < -0.4 is 4.74 Å². The number of nitrogens with zero attached hydrogens (tertiary/aromatic N) is 5. The monoisotopic (exact) mass is 413 g/mol. The summed E-state index contributed by atoms with van der Waals surface area (Å²) >= 11 is 0. The molecule has 1 aromatic carbocycles. The lowest BCUT2D eigenvalue weighted by Crippen LogP contribution is -2.11. The molecule has 3 rings (SSSR count). The zero-order valence-electron chi connectivity index (χ0n) is 14.7. The second-order valence-electron chi connectivity index (χ2n) is 5.97. The average Bonchev–Trinajstić information content (AvgIpc) is 3.08. The zero-order valence-corrected chi connectivity index (χ0v) is 15.5. The van der Waals surface area contributed by atoms with Crippen molar-refractivity contribution in [2.75, 3.05) is 6.26 Å². The Morgan fingerprint density at radius 3 is 2.50 bits per heavy atom. The number of sulfone groups is 1. The topological polar surface area (TPSA) is 99.9 Å². The summed E-state index contributed by atoms with van der Waals surface area (Å²) in [5, 5.41) is 7.63. The van der Waals surface area contributed by atoms with Gasteiger partial charge in [0.1, 0.15) is 23.0 Å². The Balaban J connectivity index is 1.73. The highest BCUT2D eigenvalue weighted by Gasteiger charge is 2.28. The second kappa shape index (κ2) is 7.19. The number of benzene rings is 1. The molecular formula is C16H14F3N5O3S. The molecule has 28 heavy (non-hydrogen) atoms. The minimum atomic E-state index is -3.42. The predicted molar refractivity (Wildman–Crippen MR) is 90.4 cm³/mol. The number of ether oxygens (including phenoxy) is 1. The molecule has 0 aliphatic heterocycles. The molecule has 0 spiro atoms. The van der Waals surface area contributed by atoms with Crippen molar-refractivity contribution in [2.45, 2.75) is 24.3 Å². The van der Waals surface area contributed by atoms with Crippen LogP contribution in [0.1, 0.15) is 18.2 Å². The number of alkyl halides is 2. The lowest BCUT2D eigenvalue weighted by molar-refractivity contribution is 0.0137. The van der Waals surface area contributed by atoms with Crippen LogP contribution in [0.25, 0.3) is 5.69 Å². The molecule has 3 aromatic rings. The fourth-order valence-corrected chi connectivity index (χ4v) is 2.68. The van der Waals surface area contributed by atoms with Gasteiger partial charge in [-0.25, -0.2) is 36.2 Å².